The van der Waals surface area contributed by atoms with Crippen LogP contribution in [0.2, 0.25) is 0 Å². The van der Waals surface area contributed by atoms with Crippen LogP contribution in [0.1, 0.15) is 5.56 Å². The van der Waals surface area contributed by atoms with Crippen molar-refractivity contribution in [2.24, 2.45) is 0 Å². The summed E-state index contributed by atoms with van der Waals surface area (Å²) in [6.07, 6.45) is 0. The van der Waals surface area contributed by atoms with Crippen molar-refractivity contribution in [3.05, 3.63) is 60.2 Å². The first-order valence-electron chi connectivity index (χ1n) is 6.29. The first-order chi connectivity index (χ1) is 9.29. The molecule has 3 rings (SSSR count). The molecule has 2 heteroatoms. The van der Waals surface area contributed by atoms with Crippen molar-refractivity contribution in [3.8, 4) is 17.0 Å². The van der Waals surface area contributed by atoms with E-state index < -0.39 is 0 Å². The lowest BCUT2D eigenvalue weighted by Gasteiger charge is -2.09. The van der Waals surface area contributed by atoms with Crippen molar-refractivity contribution in [3.63, 3.8) is 0 Å². The van der Waals surface area contributed by atoms with Crippen LogP contribution in [-0.2, 0) is 0 Å². The fraction of sp³-hybridized carbons (Fsp3) is 0.118. The Morgan fingerprint density at radius 2 is 1.74 bits per heavy atom. The van der Waals surface area contributed by atoms with E-state index in [2.05, 4.69) is 31.2 Å². The third-order valence-corrected chi connectivity index (χ3v) is 3.30. The Kier molecular flexibility index (Phi) is 2.92. The highest BCUT2D eigenvalue weighted by Crippen LogP contribution is 2.29. The van der Waals surface area contributed by atoms with Crippen LogP contribution in [0.25, 0.3) is 22.2 Å². The maximum Gasteiger partial charge on any atom is 0.145 e. The van der Waals surface area contributed by atoms with E-state index in [1.807, 2.05) is 30.3 Å². The summed E-state index contributed by atoms with van der Waals surface area (Å²) < 4.78 is 5.41. The molecular formula is C17H15NO. The average Bonchev–Trinajstić information content (AvgIpc) is 2.47. The van der Waals surface area contributed by atoms with Gasteiger partial charge in [-0.2, -0.15) is 0 Å². The van der Waals surface area contributed by atoms with Gasteiger partial charge in [-0.05, 0) is 24.6 Å². The zero-order chi connectivity index (χ0) is 13.2. The Morgan fingerprint density at radius 1 is 0.947 bits per heavy atom. The van der Waals surface area contributed by atoms with Gasteiger partial charge in [-0.15, -0.1) is 0 Å². The minimum atomic E-state index is 0.818. The van der Waals surface area contributed by atoms with Crippen LogP contribution in [-0.4, -0.2) is 12.1 Å². The Bertz CT molecular complexity index is 720. The maximum atomic E-state index is 5.41. The first-order valence-corrected chi connectivity index (χ1v) is 6.29. The molecule has 0 amide bonds. The van der Waals surface area contributed by atoms with Gasteiger partial charge in [0.15, 0.2) is 0 Å². The van der Waals surface area contributed by atoms with Gasteiger partial charge in [0.05, 0.1) is 12.8 Å². The Balaban J connectivity index is 2.29. The van der Waals surface area contributed by atoms with Gasteiger partial charge in [0.1, 0.15) is 11.3 Å². The zero-order valence-electron chi connectivity index (χ0n) is 11.1. The molecule has 0 fully saturated rings. The molecular weight excluding hydrogens is 234 g/mol. The van der Waals surface area contributed by atoms with Gasteiger partial charge in [-0.1, -0.05) is 42.5 Å². The van der Waals surface area contributed by atoms with E-state index in [9.17, 15) is 0 Å². The molecule has 0 aliphatic heterocycles. The van der Waals surface area contributed by atoms with E-state index >= 15 is 0 Å². The molecule has 0 bridgehead atoms. The van der Waals surface area contributed by atoms with Crippen molar-refractivity contribution in [2.45, 2.75) is 6.92 Å². The molecule has 1 heterocycles. The van der Waals surface area contributed by atoms with Crippen molar-refractivity contribution < 1.29 is 4.74 Å². The lowest BCUT2D eigenvalue weighted by atomic mass is 10.0. The standard InChI is InChI=1S/C17H15NO/c1-12-11-15(13-7-4-3-5-8-13)18-17-14(12)9-6-10-16(17)19-2/h3-11H,1-2H3. The molecule has 1 aromatic heterocycles. The van der Waals surface area contributed by atoms with Gasteiger partial charge >= 0.3 is 0 Å². The normalized spacial score (nSPS) is 10.6. The monoisotopic (exact) mass is 249 g/mol. The molecule has 0 aliphatic carbocycles. The number of hydrogen-bond donors (Lipinski definition) is 0. The van der Waals surface area contributed by atoms with E-state index in [1.165, 1.54) is 5.56 Å². The summed E-state index contributed by atoms with van der Waals surface area (Å²) in [5.41, 5.74) is 4.24. The second-order valence-electron chi connectivity index (χ2n) is 4.55. The molecule has 2 aromatic carbocycles. The van der Waals surface area contributed by atoms with Crippen LogP contribution in [0, 0.1) is 6.92 Å². The number of fused-ring (bicyclic) bond motifs is 1. The highest BCUT2D eigenvalue weighted by molar-refractivity contribution is 5.89. The number of aryl methyl sites for hydroxylation is 1. The number of aromatic nitrogens is 1. The van der Waals surface area contributed by atoms with Crippen LogP contribution in [0.3, 0.4) is 0 Å². The summed E-state index contributed by atoms with van der Waals surface area (Å²) in [7, 11) is 1.68. The van der Waals surface area contributed by atoms with Crippen LogP contribution in [0.4, 0.5) is 0 Å². The number of methoxy groups -OCH3 is 1. The molecule has 0 N–H and O–H groups in total. The van der Waals surface area contributed by atoms with E-state index in [0.717, 1.165) is 27.9 Å². The second kappa shape index (κ2) is 4.73. The van der Waals surface area contributed by atoms with E-state index in [1.54, 1.807) is 7.11 Å². The minimum absolute atomic E-state index is 0.818. The van der Waals surface area contributed by atoms with E-state index in [-0.39, 0.29) is 0 Å². The Hall–Kier alpha value is -2.35. The van der Waals surface area contributed by atoms with Gasteiger partial charge in [0.25, 0.3) is 0 Å². The summed E-state index contributed by atoms with van der Waals surface area (Å²) in [6, 6.07) is 18.4. The molecule has 2 nitrogen and oxygen atoms in total. The topological polar surface area (TPSA) is 22.1 Å². The van der Waals surface area contributed by atoms with Gasteiger partial charge in [-0.3, -0.25) is 0 Å². The summed E-state index contributed by atoms with van der Waals surface area (Å²) >= 11 is 0. The fourth-order valence-electron chi connectivity index (χ4n) is 2.31. The van der Waals surface area contributed by atoms with Crippen molar-refractivity contribution in [1.29, 1.82) is 0 Å². The molecule has 3 aromatic rings. The smallest absolute Gasteiger partial charge is 0.145 e. The Labute approximate surface area is 112 Å². The van der Waals surface area contributed by atoms with Gasteiger partial charge in [-0.25, -0.2) is 4.98 Å². The van der Waals surface area contributed by atoms with Gasteiger partial charge < -0.3 is 4.74 Å². The minimum Gasteiger partial charge on any atom is -0.494 e. The zero-order valence-corrected chi connectivity index (χ0v) is 11.1. The molecule has 0 saturated carbocycles. The summed E-state index contributed by atoms with van der Waals surface area (Å²) in [4.78, 5) is 4.75. The lowest BCUT2D eigenvalue weighted by molar-refractivity contribution is 0.419. The summed E-state index contributed by atoms with van der Waals surface area (Å²) in [6.45, 7) is 2.11. The SMILES string of the molecule is COc1cccc2c(C)cc(-c3ccccc3)nc12. The molecule has 0 spiro atoms. The summed E-state index contributed by atoms with van der Waals surface area (Å²) in [5.74, 6) is 0.818. The van der Waals surface area contributed by atoms with Crippen molar-refractivity contribution >= 4 is 10.9 Å². The maximum absolute atomic E-state index is 5.41. The molecule has 0 atom stereocenters. The number of benzene rings is 2. The first kappa shape index (κ1) is 11.7. The van der Waals surface area contributed by atoms with Crippen LogP contribution >= 0.6 is 0 Å². The van der Waals surface area contributed by atoms with E-state index in [0.29, 0.717) is 0 Å². The van der Waals surface area contributed by atoms with Crippen LogP contribution < -0.4 is 4.74 Å². The van der Waals surface area contributed by atoms with Crippen molar-refractivity contribution in [2.75, 3.05) is 7.11 Å². The van der Waals surface area contributed by atoms with E-state index in [4.69, 9.17) is 9.72 Å². The Morgan fingerprint density at radius 3 is 2.47 bits per heavy atom. The molecule has 94 valence electrons. The average molecular weight is 249 g/mol. The van der Waals surface area contributed by atoms with Crippen LogP contribution in [0.5, 0.6) is 5.75 Å². The number of hydrogen-bond acceptors (Lipinski definition) is 2. The largest absolute Gasteiger partial charge is 0.494 e. The molecule has 0 aliphatic rings. The fourth-order valence-corrected chi connectivity index (χ4v) is 2.31. The molecule has 19 heavy (non-hydrogen) atoms. The second-order valence-corrected chi connectivity index (χ2v) is 4.55. The third-order valence-electron chi connectivity index (χ3n) is 3.30. The number of nitrogens with zero attached hydrogens (tertiary/aromatic N) is 1. The molecule has 0 radical (unpaired) electrons. The van der Waals surface area contributed by atoms with Gasteiger partial charge in [0, 0.05) is 10.9 Å². The lowest BCUT2D eigenvalue weighted by Crippen LogP contribution is -1.92. The number of pyridine rings is 1. The third kappa shape index (κ3) is 2.06. The highest BCUT2D eigenvalue weighted by atomic mass is 16.5. The molecule has 0 unspecified atom stereocenters. The predicted molar refractivity (Wildman–Crippen MR) is 78.5 cm³/mol. The van der Waals surface area contributed by atoms with Gasteiger partial charge in [0.2, 0.25) is 0 Å². The highest BCUT2D eigenvalue weighted by Gasteiger charge is 2.08. The quantitative estimate of drug-likeness (QED) is 0.678. The number of rotatable bonds is 2. The predicted octanol–water partition coefficient (Wildman–Crippen LogP) is 4.22. The van der Waals surface area contributed by atoms with Crippen LogP contribution in [0.15, 0.2) is 54.6 Å². The number of ether oxygens (including phenoxy) is 1. The molecule has 0 saturated heterocycles. The number of para-hydroxylation sites is 1. The summed E-state index contributed by atoms with van der Waals surface area (Å²) in [5, 5.41) is 1.14. The van der Waals surface area contributed by atoms with Crippen molar-refractivity contribution in [1.82, 2.24) is 4.98 Å².